The van der Waals surface area contributed by atoms with Crippen LogP contribution in [-0.2, 0) is 4.79 Å². The van der Waals surface area contributed by atoms with E-state index < -0.39 is 0 Å². The van der Waals surface area contributed by atoms with Crippen molar-refractivity contribution in [3.05, 3.63) is 40.9 Å². The average molecular weight is 346 g/mol. The van der Waals surface area contributed by atoms with E-state index in [4.69, 9.17) is 21.7 Å². The number of nitrogens with one attached hydrogen (secondary N) is 2. The van der Waals surface area contributed by atoms with Crippen molar-refractivity contribution in [1.82, 2.24) is 10.6 Å². The zero-order chi connectivity index (χ0) is 16.4. The van der Waals surface area contributed by atoms with Gasteiger partial charge in [-0.1, -0.05) is 0 Å². The third kappa shape index (κ3) is 3.20. The van der Waals surface area contributed by atoms with Crippen molar-refractivity contribution in [3.63, 3.8) is 0 Å². The maximum Gasteiger partial charge on any atom is 0.273 e. The predicted molar refractivity (Wildman–Crippen MR) is 94.7 cm³/mol. The van der Waals surface area contributed by atoms with Gasteiger partial charge in [0.2, 0.25) is 0 Å². The quantitative estimate of drug-likeness (QED) is 0.658. The molecular weight excluding hydrogens is 332 g/mol. The van der Waals surface area contributed by atoms with Crippen LogP contribution in [0.15, 0.2) is 36.0 Å². The topological polar surface area (TPSA) is 59.6 Å². The van der Waals surface area contributed by atoms with Crippen LogP contribution in [0.3, 0.4) is 0 Å². The van der Waals surface area contributed by atoms with E-state index >= 15 is 0 Å². The Balaban J connectivity index is 1.89. The Morgan fingerprint density at radius 1 is 1.09 bits per heavy atom. The van der Waals surface area contributed by atoms with Gasteiger partial charge < -0.3 is 14.8 Å². The molecule has 0 radical (unpaired) electrons. The van der Waals surface area contributed by atoms with Gasteiger partial charge in [0.15, 0.2) is 16.6 Å². The molecule has 1 aromatic carbocycles. The minimum Gasteiger partial charge on any atom is -0.493 e. The first-order valence-electron chi connectivity index (χ1n) is 6.77. The summed E-state index contributed by atoms with van der Waals surface area (Å²) in [5, 5.41) is 5.71. The summed E-state index contributed by atoms with van der Waals surface area (Å²) in [6, 6.07) is 9.73. The van der Waals surface area contributed by atoms with Crippen LogP contribution in [0.4, 0.5) is 0 Å². The summed E-state index contributed by atoms with van der Waals surface area (Å²) in [4.78, 5) is 13.7. The summed E-state index contributed by atoms with van der Waals surface area (Å²) in [6.07, 6.45) is 1.78. The molecule has 118 valence electrons. The number of thiophene rings is 1. The minimum absolute atomic E-state index is 0.212. The Kier molecular flexibility index (Phi) is 4.31. The van der Waals surface area contributed by atoms with Crippen LogP contribution < -0.4 is 20.1 Å². The van der Waals surface area contributed by atoms with Gasteiger partial charge in [0.25, 0.3) is 5.91 Å². The van der Waals surface area contributed by atoms with Crippen LogP contribution >= 0.6 is 23.6 Å². The molecule has 2 aromatic rings. The number of rotatable bonds is 4. The number of benzene rings is 1. The zero-order valence-electron chi connectivity index (χ0n) is 12.5. The molecule has 0 spiro atoms. The van der Waals surface area contributed by atoms with Crippen molar-refractivity contribution < 1.29 is 14.3 Å². The fourth-order valence-corrected chi connectivity index (χ4v) is 3.35. The molecule has 1 aromatic heterocycles. The lowest BCUT2D eigenvalue weighted by molar-refractivity contribution is -0.115. The number of ether oxygens (including phenoxy) is 2. The predicted octanol–water partition coefficient (Wildman–Crippen LogP) is 2.78. The lowest BCUT2D eigenvalue weighted by atomic mass is 10.1. The first-order chi connectivity index (χ1) is 11.1. The van der Waals surface area contributed by atoms with Crippen molar-refractivity contribution in [2.24, 2.45) is 0 Å². The van der Waals surface area contributed by atoms with Gasteiger partial charge in [0.1, 0.15) is 5.70 Å². The van der Waals surface area contributed by atoms with Crippen LogP contribution in [-0.4, -0.2) is 25.2 Å². The number of carbonyl (C=O) groups excluding carboxylic acids is 1. The smallest absolute Gasteiger partial charge is 0.273 e. The van der Waals surface area contributed by atoms with Crippen molar-refractivity contribution in [1.29, 1.82) is 0 Å². The molecule has 0 atom stereocenters. The summed E-state index contributed by atoms with van der Waals surface area (Å²) in [5.74, 6) is 1.16. The lowest BCUT2D eigenvalue weighted by Crippen LogP contribution is -2.21. The highest BCUT2D eigenvalue weighted by atomic mass is 32.1. The highest BCUT2D eigenvalue weighted by Gasteiger charge is 2.20. The van der Waals surface area contributed by atoms with Crippen LogP contribution in [0.1, 0.15) is 4.88 Å². The fourth-order valence-electron chi connectivity index (χ4n) is 2.20. The molecule has 3 rings (SSSR count). The zero-order valence-corrected chi connectivity index (χ0v) is 14.1. The third-order valence-electron chi connectivity index (χ3n) is 3.30. The van der Waals surface area contributed by atoms with E-state index in [9.17, 15) is 4.79 Å². The number of carbonyl (C=O) groups is 1. The number of amides is 1. The minimum atomic E-state index is -0.212. The van der Waals surface area contributed by atoms with Crippen LogP contribution in [0.2, 0.25) is 0 Å². The molecule has 0 saturated carbocycles. The van der Waals surface area contributed by atoms with Crippen molar-refractivity contribution in [3.8, 4) is 21.9 Å². The van der Waals surface area contributed by atoms with Crippen molar-refractivity contribution in [2.45, 2.75) is 0 Å². The average Bonchev–Trinajstić information content (AvgIpc) is 3.13. The summed E-state index contributed by atoms with van der Waals surface area (Å²) < 4.78 is 10.6. The van der Waals surface area contributed by atoms with Gasteiger partial charge in [-0.15, -0.1) is 11.3 Å². The van der Waals surface area contributed by atoms with Crippen LogP contribution in [0.5, 0.6) is 11.5 Å². The van der Waals surface area contributed by atoms with E-state index in [0.717, 1.165) is 15.3 Å². The maximum atomic E-state index is 11.7. The molecule has 7 heteroatoms. The third-order valence-corrected chi connectivity index (χ3v) is 4.59. The largest absolute Gasteiger partial charge is 0.493 e. The molecule has 23 heavy (non-hydrogen) atoms. The van der Waals surface area contributed by atoms with Gasteiger partial charge in [-0.3, -0.25) is 10.1 Å². The Hall–Kier alpha value is -2.38. The normalized spacial score (nSPS) is 15.5. The van der Waals surface area contributed by atoms with E-state index in [1.807, 2.05) is 30.3 Å². The number of hydrogen-bond donors (Lipinski definition) is 2. The highest BCUT2D eigenvalue weighted by molar-refractivity contribution is 7.80. The van der Waals surface area contributed by atoms with E-state index in [1.165, 1.54) is 0 Å². The van der Waals surface area contributed by atoms with Crippen LogP contribution in [0.25, 0.3) is 16.5 Å². The molecule has 0 unspecified atom stereocenters. The molecule has 1 fully saturated rings. The molecule has 1 saturated heterocycles. The molecule has 1 aliphatic heterocycles. The molecule has 2 N–H and O–H groups in total. The van der Waals surface area contributed by atoms with E-state index in [2.05, 4.69) is 10.6 Å². The SMILES string of the molecule is COc1ccc(-c2ccc(/C=C3/NC(=S)NC3=O)s2)cc1OC. The van der Waals surface area contributed by atoms with Gasteiger partial charge in [-0.25, -0.2) is 0 Å². The van der Waals surface area contributed by atoms with Crippen molar-refractivity contribution >= 4 is 40.7 Å². The Labute approximate surface area is 142 Å². The van der Waals surface area contributed by atoms with Gasteiger partial charge >= 0.3 is 0 Å². The highest BCUT2D eigenvalue weighted by Crippen LogP contribution is 2.35. The van der Waals surface area contributed by atoms with Crippen molar-refractivity contribution in [2.75, 3.05) is 14.2 Å². The Bertz CT molecular complexity index is 811. The number of methoxy groups -OCH3 is 2. The Morgan fingerprint density at radius 3 is 2.52 bits per heavy atom. The second-order valence-corrected chi connectivity index (χ2v) is 6.26. The Morgan fingerprint density at radius 2 is 1.87 bits per heavy atom. The molecule has 1 amide bonds. The molecule has 2 heterocycles. The standard InChI is InChI=1S/C16H14N2O3S2/c1-20-12-5-3-9(7-13(12)21-2)14-6-4-10(23-14)8-11-15(19)18-16(22)17-11/h3-8H,1-2H3,(H2,17,18,19,22)/b11-8+. The first kappa shape index (κ1) is 15.5. The molecule has 0 bridgehead atoms. The van der Waals surface area contributed by atoms with Gasteiger partial charge in [-0.05, 0) is 54.2 Å². The monoisotopic (exact) mass is 346 g/mol. The number of hydrogen-bond acceptors (Lipinski definition) is 5. The second-order valence-electron chi connectivity index (χ2n) is 4.74. The van der Waals surface area contributed by atoms with E-state index in [-0.39, 0.29) is 5.91 Å². The van der Waals surface area contributed by atoms with Gasteiger partial charge in [0.05, 0.1) is 14.2 Å². The summed E-state index contributed by atoms with van der Waals surface area (Å²) in [5.41, 5.74) is 1.48. The van der Waals surface area contributed by atoms with Gasteiger partial charge in [-0.2, -0.15) is 0 Å². The maximum absolute atomic E-state index is 11.7. The van der Waals surface area contributed by atoms with E-state index in [0.29, 0.717) is 22.3 Å². The first-order valence-corrected chi connectivity index (χ1v) is 7.99. The molecule has 1 aliphatic rings. The molecule has 0 aliphatic carbocycles. The second kappa shape index (κ2) is 6.39. The summed E-state index contributed by atoms with van der Waals surface area (Å²) >= 11 is 6.49. The van der Waals surface area contributed by atoms with Gasteiger partial charge in [0, 0.05) is 9.75 Å². The fraction of sp³-hybridized carbons (Fsp3) is 0.125. The van der Waals surface area contributed by atoms with Crippen LogP contribution in [0, 0.1) is 0 Å². The molecule has 5 nitrogen and oxygen atoms in total. The number of thiocarbonyl (C=S) groups is 1. The summed E-state index contributed by atoms with van der Waals surface area (Å²) in [6.45, 7) is 0. The lowest BCUT2D eigenvalue weighted by Gasteiger charge is -2.08. The summed E-state index contributed by atoms with van der Waals surface area (Å²) in [7, 11) is 3.22. The van der Waals surface area contributed by atoms with E-state index in [1.54, 1.807) is 31.6 Å². The molecular formula is C16H14N2O3S2.